The quantitative estimate of drug-likeness (QED) is 0.759. The van der Waals surface area contributed by atoms with Crippen LogP contribution in [0, 0.1) is 5.41 Å². The molecule has 16 heavy (non-hydrogen) atoms. The van der Waals surface area contributed by atoms with Crippen LogP contribution in [0.5, 0.6) is 0 Å². The molecule has 1 aromatic rings. The summed E-state index contributed by atoms with van der Waals surface area (Å²) in [4.78, 5) is 19.5. The fourth-order valence-corrected chi connectivity index (χ4v) is 2.96. The molecule has 2 fully saturated rings. The molecule has 1 saturated carbocycles. The summed E-state index contributed by atoms with van der Waals surface area (Å²) in [6.45, 7) is 0.781. The van der Waals surface area contributed by atoms with Gasteiger partial charge >= 0.3 is 5.97 Å². The number of nitrogens with zero attached hydrogens (tertiary/aromatic N) is 2. The Balaban J connectivity index is 2.08. The maximum atomic E-state index is 11.6. The highest BCUT2D eigenvalue weighted by Crippen LogP contribution is 2.58. The van der Waals surface area contributed by atoms with Crippen molar-refractivity contribution in [3.8, 4) is 0 Å². The van der Waals surface area contributed by atoms with Gasteiger partial charge in [-0.1, -0.05) is 6.42 Å². The van der Waals surface area contributed by atoms with Gasteiger partial charge in [-0.3, -0.25) is 5.32 Å². The maximum absolute atomic E-state index is 11.6. The highest BCUT2D eigenvalue weighted by atomic mass is 16.4. The van der Waals surface area contributed by atoms with Gasteiger partial charge in [-0.25, -0.2) is 14.8 Å². The van der Waals surface area contributed by atoms with Gasteiger partial charge in [0, 0.05) is 18.2 Å². The molecule has 1 unspecified atom stereocenters. The van der Waals surface area contributed by atoms with E-state index in [9.17, 15) is 9.90 Å². The molecule has 3 rings (SSSR count). The molecule has 0 bridgehead atoms. The van der Waals surface area contributed by atoms with E-state index in [-0.39, 0.29) is 5.41 Å². The zero-order valence-electron chi connectivity index (χ0n) is 8.81. The number of rotatable bonds is 2. The number of aliphatic carboxylic acids is 1. The lowest BCUT2D eigenvalue weighted by Gasteiger charge is -2.62. The van der Waals surface area contributed by atoms with Gasteiger partial charge in [0.2, 0.25) is 0 Å². The fourth-order valence-electron chi connectivity index (χ4n) is 2.96. The van der Waals surface area contributed by atoms with Crippen molar-refractivity contribution in [1.29, 1.82) is 0 Å². The van der Waals surface area contributed by atoms with Crippen molar-refractivity contribution in [3.05, 3.63) is 24.3 Å². The summed E-state index contributed by atoms with van der Waals surface area (Å²) in [6.07, 6.45) is 6.06. The molecule has 1 aliphatic heterocycles. The van der Waals surface area contributed by atoms with Gasteiger partial charge in [-0.05, 0) is 18.9 Å². The van der Waals surface area contributed by atoms with Crippen LogP contribution in [-0.4, -0.2) is 27.6 Å². The molecule has 2 N–H and O–H groups in total. The molecule has 5 heteroatoms. The van der Waals surface area contributed by atoms with Crippen LogP contribution in [0.4, 0.5) is 0 Å². The number of nitrogens with one attached hydrogen (secondary N) is 1. The topological polar surface area (TPSA) is 75.1 Å². The zero-order chi connectivity index (χ0) is 11.2. The molecule has 84 valence electrons. The van der Waals surface area contributed by atoms with E-state index in [1.54, 1.807) is 12.3 Å². The molecule has 1 atom stereocenters. The monoisotopic (exact) mass is 219 g/mol. The molecule has 0 radical (unpaired) electrons. The fraction of sp³-hybridized carbons (Fsp3) is 0.545. The second-order valence-electron chi connectivity index (χ2n) is 4.64. The summed E-state index contributed by atoms with van der Waals surface area (Å²) in [5.74, 6) is -0.822. The van der Waals surface area contributed by atoms with Crippen LogP contribution < -0.4 is 5.32 Å². The minimum atomic E-state index is -0.978. The normalized spacial score (nSPS) is 30.5. The standard InChI is InChI=1S/C11H13N3O2/c15-9(16)11(8-2-5-12-7-13-8)10(6-14-11)3-1-4-10/h2,5,7,14H,1,3-4,6H2,(H,15,16). The lowest BCUT2D eigenvalue weighted by molar-refractivity contribution is -0.173. The molecule has 0 amide bonds. The molecular formula is C11H13N3O2. The first kappa shape index (κ1) is 9.72. The van der Waals surface area contributed by atoms with Crippen LogP contribution in [0.25, 0.3) is 0 Å². The highest BCUT2D eigenvalue weighted by molar-refractivity contribution is 5.83. The lowest BCUT2D eigenvalue weighted by Crippen LogP contribution is -2.76. The van der Waals surface area contributed by atoms with Crippen molar-refractivity contribution in [2.24, 2.45) is 5.41 Å². The summed E-state index contributed by atoms with van der Waals surface area (Å²) in [6, 6.07) is 1.69. The summed E-state index contributed by atoms with van der Waals surface area (Å²) in [5.41, 5.74) is -0.512. The molecule has 1 spiro atoms. The Bertz CT molecular complexity index is 425. The number of carboxylic acids is 1. The van der Waals surface area contributed by atoms with E-state index in [2.05, 4.69) is 15.3 Å². The molecular weight excluding hydrogens is 206 g/mol. The Morgan fingerprint density at radius 3 is 2.69 bits per heavy atom. The molecule has 1 saturated heterocycles. The highest BCUT2D eigenvalue weighted by Gasteiger charge is 2.67. The van der Waals surface area contributed by atoms with Crippen molar-refractivity contribution < 1.29 is 9.90 Å². The Kier molecular flexibility index (Phi) is 1.83. The van der Waals surface area contributed by atoms with Crippen molar-refractivity contribution in [3.63, 3.8) is 0 Å². The number of carbonyl (C=O) groups is 1. The first-order valence-corrected chi connectivity index (χ1v) is 5.46. The van der Waals surface area contributed by atoms with E-state index >= 15 is 0 Å². The number of carboxylic acid groups (broad SMARTS) is 1. The van der Waals surface area contributed by atoms with E-state index in [1.165, 1.54) is 6.33 Å². The third kappa shape index (κ3) is 0.917. The van der Waals surface area contributed by atoms with E-state index in [0.717, 1.165) is 25.8 Å². The van der Waals surface area contributed by atoms with Crippen LogP contribution >= 0.6 is 0 Å². The van der Waals surface area contributed by atoms with Crippen LogP contribution in [0.1, 0.15) is 25.0 Å². The Hall–Kier alpha value is -1.49. The number of aromatic nitrogens is 2. The largest absolute Gasteiger partial charge is 0.480 e. The smallest absolute Gasteiger partial charge is 0.330 e. The van der Waals surface area contributed by atoms with Gasteiger partial charge in [0.05, 0.1) is 5.69 Å². The zero-order valence-corrected chi connectivity index (χ0v) is 8.81. The number of hydrogen-bond acceptors (Lipinski definition) is 4. The van der Waals surface area contributed by atoms with E-state index in [0.29, 0.717) is 5.69 Å². The van der Waals surface area contributed by atoms with Crippen molar-refractivity contribution in [2.45, 2.75) is 24.8 Å². The second-order valence-corrected chi connectivity index (χ2v) is 4.64. The summed E-state index contributed by atoms with van der Waals surface area (Å²) in [7, 11) is 0. The first-order chi connectivity index (χ1) is 7.71. The van der Waals surface area contributed by atoms with Gasteiger partial charge in [-0.2, -0.15) is 0 Å². The minimum Gasteiger partial charge on any atom is -0.480 e. The van der Waals surface area contributed by atoms with Gasteiger partial charge in [0.25, 0.3) is 0 Å². The Morgan fingerprint density at radius 2 is 2.31 bits per heavy atom. The average molecular weight is 219 g/mol. The summed E-state index contributed by atoms with van der Waals surface area (Å²) in [5, 5.41) is 12.6. The predicted molar refractivity (Wildman–Crippen MR) is 55.6 cm³/mol. The van der Waals surface area contributed by atoms with Gasteiger partial charge in [0.15, 0.2) is 5.54 Å². The van der Waals surface area contributed by atoms with Crippen LogP contribution in [-0.2, 0) is 10.3 Å². The third-order valence-corrected chi connectivity index (χ3v) is 4.09. The van der Waals surface area contributed by atoms with E-state index in [4.69, 9.17) is 0 Å². The average Bonchev–Trinajstić information content (AvgIpc) is 2.15. The van der Waals surface area contributed by atoms with E-state index in [1.807, 2.05) is 0 Å². The Morgan fingerprint density at radius 1 is 1.50 bits per heavy atom. The molecule has 1 aliphatic carbocycles. The van der Waals surface area contributed by atoms with Crippen molar-refractivity contribution in [2.75, 3.05) is 6.54 Å². The molecule has 1 aromatic heterocycles. The van der Waals surface area contributed by atoms with Crippen molar-refractivity contribution >= 4 is 5.97 Å². The molecule has 2 aliphatic rings. The van der Waals surface area contributed by atoms with Crippen LogP contribution in [0.15, 0.2) is 18.6 Å². The van der Waals surface area contributed by atoms with Gasteiger partial charge in [-0.15, -0.1) is 0 Å². The molecule has 0 aromatic carbocycles. The first-order valence-electron chi connectivity index (χ1n) is 5.46. The maximum Gasteiger partial charge on any atom is 0.330 e. The lowest BCUT2D eigenvalue weighted by atomic mass is 9.50. The molecule has 5 nitrogen and oxygen atoms in total. The van der Waals surface area contributed by atoms with Gasteiger partial charge < -0.3 is 5.11 Å². The van der Waals surface area contributed by atoms with Gasteiger partial charge in [0.1, 0.15) is 6.33 Å². The van der Waals surface area contributed by atoms with Crippen molar-refractivity contribution in [1.82, 2.24) is 15.3 Å². The third-order valence-electron chi connectivity index (χ3n) is 4.09. The summed E-state index contributed by atoms with van der Waals surface area (Å²) < 4.78 is 0. The van der Waals surface area contributed by atoms with Crippen LogP contribution in [0.2, 0.25) is 0 Å². The van der Waals surface area contributed by atoms with E-state index < -0.39 is 11.5 Å². The SMILES string of the molecule is O=C(O)C1(c2ccncn2)NCC12CCC2. The predicted octanol–water partition coefficient (Wildman–Crippen LogP) is 0.530. The Labute approximate surface area is 92.9 Å². The minimum absolute atomic E-state index is 0.118. The summed E-state index contributed by atoms with van der Waals surface area (Å²) >= 11 is 0. The van der Waals surface area contributed by atoms with Crippen LogP contribution in [0.3, 0.4) is 0 Å². The second kappa shape index (κ2) is 3.01. The number of hydrogen-bond donors (Lipinski definition) is 2. The molecule has 2 heterocycles.